The number of carbonyl (C=O) groups excluding carboxylic acids is 1. The number of amides is 1. The number of ether oxygens (including phenoxy) is 1. The average molecular weight is 404 g/mol. The first-order chi connectivity index (χ1) is 13.4. The fourth-order valence-electron chi connectivity index (χ4n) is 3.33. The van der Waals surface area contributed by atoms with Crippen molar-refractivity contribution >= 4 is 15.9 Å². The summed E-state index contributed by atoms with van der Waals surface area (Å²) >= 11 is 0. The van der Waals surface area contributed by atoms with Crippen LogP contribution < -0.4 is 10.1 Å². The van der Waals surface area contributed by atoms with E-state index in [9.17, 15) is 13.2 Å². The molecule has 1 aliphatic rings. The summed E-state index contributed by atoms with van der Waals surface area (Å²) < 4.78 is 31.3. The van der Waals surface area contributed by atoms with Crippen LogP contribution in [0.1, 0.15) is 18.4 Å². The third-order valence-corrected chi connectivity index (χ3v) is 5.92. The lowest BCUT2D eigenvalue weighted by atomic mass is 10.1. The van der Waals surface area contributed by atoms with E-state index < -0.39 is 16.1 Å². The highest BCUT2D eigenvalue weighted by Crippen LogP contribution is 2.25. The molecule has 28 heavy (non-hydrogen) atoms. The summed E-state index contributed by atoms with van der Waals surface area (Å²) in [6, 6.07) is 12.8. The lowest BCUT2D eigenvalue weighted by Crippen LogP contribution is -2.45. The molecule has 1 aromatic heterocycles. The molecule has 1 aromatic carbocycles. The highest BCUT2D eigenvalue weighted by atomic mass is 32.2. The van der Waals surface area contributed by atoms with E-state index in [1.54, 1.807) is 24.5 Å². The topological polar surface area (TPSA) is 88.6 Å². The molecule has 0 unspecified atom stereocenters. The molecule has 0 spiro atoms. The van der Waals surface area contributed by atoms with Crippen molar-refractivity contribution in [3.63, 3.8) is 0 Å². The number of aromatic nitrogens is 1. The van der Waals surface area contributed by atoms with Crippen molar-refractivity contribution in [3.05, 3.63) is 60.4 Å². The second-order valence-corrected chi connectivity index (χ2v) is 8.83. The summed E-state index contributed by atoms with van der Waals surface area (Å²) in [7, 11) is -3.52. The zero-order chi connectivity index (χ0) is 20.0. The first kappa shape index (κ1) is 20.3. The summed E-state index contributed by atoms with van der Waals surface area (Å²) in [6.07, 6.45) is 5.89. The normalized spacial score (nSPS) is 20.0. The Bertz CT molecular complexity index is 875. The number of pyridine rings is 1. The van der Waals surface area contributed by atoms with Crippen molar-refractivity contribution in [2.75, 3.05) is 19.3 Å². The number of hydrogen-bond acceptors (Lipinski definition) is 5. The highest BCUT2D eigenvalue weighted by Gasteiger charge is 2.42. The number of hydrogen-bond donors (Lipinski definition) is 1. The van der Waals surface area contributed by atoms with Crippen LogP contribution in [0.25, 0.3) is 0 Å². The maximum atomic E-state index is 12.6. The van der Waals surface area contributed by atoms with Gasteiger partial charge in [-0.05, 0) is 30.5 Å². The second kappa shape index (κ2) is 9.16. The summed E-state index contributed by atoms with van der Waals surface area (Å²) in [4.78, 5) is 16.6. The lowest BCUT2D eigenvalue weighted by molar-refractivity contribution is -0.124. The summed E-state index contributed by atoms with van der Waals surface area (Å²) in [5, 5.41) is 2.87. The zero-order valence-electron chi connectivity index (χ0n) is 15.8. The van der Waals surface area contributed by atoms with E-state index in [2.05, 4.69) is 10.3 Å². The monoisotopic (exact) mass is 403 g/mol. The molecule has 0 saturated carbocycles. The first-order valence-electron chi connectivity index (χ1n) is 9.28. The van der Waals surface area contributed by atoms with E-state index in [-0.39, 0.29) is 18.6 Å². The third kappa shape index (κ3) is 5.53. The predicted octanol–water partition coefficient (Wildman–Crippen LogP) is 1.61. The van der Waals surface area contributed by atoms with Gasteiger partial charge in [-0.3, -0.25) is 9.78 Å². The molecule has 1 amide bonds. The molecule has 1 fully saturated rings. The summed E-state index contributed by atoms with van der Waals surface area (Å²) in [5.41, 5.74) is 1.21. The van der Waals surface area contributed by atoms with Crippen molar-refractivity contribution in [2.24, 2.45) is 0 Å². The van der Waals surface area contributed by atoms with Crippen LogP contribution in [0.5, 0.6) is 5.75 Å². The standard InChI is InChI=1S/C20H25N3O4S/c1-28(25,26)23-15-18(27-17-10-6-11-21-14-17)13-19(23)20(24)22-12-5-9-16-7-3-2-4-8-16/h2-4,6-8,10-11,14,18-19H,5,9,12-13,15H2,1H3,(H,22,24)/t18-,19-/m0/s1. The Morgan fingerprint density at radius 3 is 2.71 bits per heavy atom. The molecular weight excluding hydrogens is 378 g/mol. The Kier molecular flexibility index (Phi) is 6.64. The van der Waals surface area contributed by atoms with Crippen molar-refractivity contribution in [1.29, 1.82) is 0 Å². The quantitative estimate of drug-likeness (QED) is 0.677. The van der Waals surface area contributed by atoms with E-state index in [0.717, 1.165) is 19.1 Å². The van der Waals surface area contributed by atoms with Gasteiger partial charge < -0.3 is 10.1 Å². The molecule has 1 saturated heterocycles. The molecular formula is C20H25N3O4S. The van der Waals surface area contributed by atoms with Crippen LogP contribution in [0, 0.1) is 0 Å². The van der Waals surface area contributed by atoms with Crippen LogP contribution in [-0.2, 0) is 21.2 Å². The molecule has 2 heterocycles. The van der Waals surface area contributed by atoms with Gasteiger partial charge in [0.05, 0.1) is 19.0 Å². The largest absolute Gasteiger partial charge is 0.487 e. The molecule has 2 aromatic rings. The molecule has 1 N–H and O–H groups in total. The number of nitrogens with zero attached hydrogens (tertiary/aromatic N) is 2. The molecule has 0 aliphatic carbocycles. The molecule has 0 radical (unpaired) electrons. The average Bonchev–Trinajstić information content (AvgIpc) is 3.11. The molecule has 2 atom stereocenters. The van der Waals surface area contributed by atoms with Gasteiger partial charge in [0.15, 0.2) is 0 Å². The Hall–Kier alpha value is -2.45. The minimum Gasteiger partial charge on any atom is -0.487 e. The first-order valence-corrected chi connectivity index (χ1v) is 11.1. The summed E-state index contributed by atoms with van der Waals surface area (Å²) in [5.74, 6) is 0.278. The number of benzene rings is 1. The van der Waals surface area contributed by atoms with Crippen LogP contribution in [0.2, 0.25) is 0 Å². The molecule has 8 heteroatoms. The Labute approximate surface area is 165 Å². The number of sulfonamides is 1. The van der Waals surface area contributed by atoms with E-state index >= 15 is 0 Å². The van der Waals surface area contributed by atoms with Gasteiger partial charge in [0.2, 0.25) is 15.9 Å². The fraction of sp³-hybridized carbons (Fsp3) is 0.400. The maximum absolute atomic E-state index is 12.6. The lowest BCUT2D eigenvalue weighted by Gasteiger charge is -2.20. The molecule has 150 valence electrons. The second-order valence-electron chi connectivity index (χ2n) is 6.89. The number of nitrogens with one attached hydrogen (secondary N) is 1. The van der Waals surface area contributed by atoms with Crippen LogP contribution in [0.15, 0.2) is 54.9 Å². The number of rotatable bonds is 8. The van der Waals surface area contributed by atoms with Gasteiger partial charge in [-0.25, -0.2) is 8.42 Å². The molecule has 1 aliphatic heterocycles. The highest BCUT2D eigenvalue weighted by molar-refractivity contribution is 7.88. The SMILES string of the molecule is CS(=O)(=O)N1C[C@@H](Oc2cccnc2)C[C@H]1C(=O)NCCCc1ccccc1. The van der Waals surface area contributed by atoms with Crippen molar-refractivity contribution in [3.8, 4) is 5.75 Å². The van der Waals surface area contributed by atoms with E-state index in [1.165, 1.54) is 9.87 Å². The maximum Gasteiger partial charge on any atom is 0.238 e. The van der Waals surface area contributed by atoms with Crippen LogP contribution in [0.3, 0.4) is 0 Å². The molecule has 3 rings (SSSR count). The zero-order valence-corrected chi connectivity index (χ0v) is 16.6. The molecule has 0 bridgehead atoms. The van der Waals surface area contributed by atoms with Crippen molar-refractivity contribution in [2.45, 2.75) is 31.4 Å². The Morgan fingerprint density at radius 2 is 2.04 bits per heavy atom. The third-order valence-electron chi connectivity index (χ3n) is 4.67. The van der Waals surface area contributed by atoms with E-state index in [4.69, 9.17) is 4.74 Å². The van der Waals surface area contributed by atoms with Crippen LogP contribution in [-0.4, -0.2) is 55.1 Å². The predicted molar refractivity (Wildman–Crippen MR) is 106 cm³/mol. The van der Waals surface area contributed by atoms with Gasteiger partial charge in [0.1, 0.15) is 17.9 Å². The fourth-order valence-corrected chi connectivity index (χ4v) is 4.42. The van der Waals surface area contributed by atoms with Gasteiger partial charge in [-0.2, -0.15) is 4.31 Å². The number of carbonyl (C=O) groups is 1. The minimum atomic E-state index is -3.52. The van der Waals surface area contributed by atoms with Gasteiger partial charge in [-0.15, -0.1) is 0 Å². The van der Waals surface area contributed by atoms with E-state index in [0.29, 0.717) is 18.7 Å². The smallest absolute Gasteiger partial charge is 0.238 e. The number of aryl methyl sites for hydroxylation is 1. The van der Waals surface area contributed by atoms with Gasteiger partial charge in [0, 0.05) is 19.2 Å². The van der Waals surface area contributed by atoms with Crippen LogP contribution >= 0.6 is 0 Å². The van der Waals surface area contributed by atoms with Crippen molar-refractivity contribution < 1.29 is 17.9 Å². The van der Waals surface area contributed by atoms with Crippen LogP contribution in [0.4, 0.5) is 0 Å². The van der Waals surface area contributed by atoms with Gasteiger partial charge in [-0.1, -0.05) is 30.3 Å². The Balaban J connectivity index is 1.55. The van der Waals surface area contributed by atoms with Gasteiger partial charge in [0.25, 0.3) is 0 Å². The van der Waals surface area contributed by atoms with E-state index in [1.807, 2.05) is 30.3 Å². The summed E-state index contributed by atoms with van der Waals surface area (Å²) in [6.45, 7) is 0.645. The van der Waals surface area contributed by atoms with Gasteiger partial charge >= 0.3 is 0 Å². The molecule has 7 nitrogen and oxygen atoms in total. The Morgan fingerprint density at radius 1 is 1.25 bits per heavy atom. The minimum absolute atomic E-state index is 0.149. The van der Waals surface area contributed by atoms with Crippen molar-refractivity contribution in [1.82, 2.24) is 14.6 Å².